The lowest BCUT2D eigenvalue weighted by Crippen LogP contribution is -2.26. The summed E-state index contributed by atoms with van der Waals surface area (Å²) in [7, 11) is 4.05. The number of fused-ring (bicyclic) bond motifs is 1. The number of rotatable bonds is 5. The SMILES string of the molecule is CNCCN(C)Cc1cc(Cl)c2c(c1)OCCCO2.Cl. The Morgan fingerprint density at radius 3 is 2.80 bits per heavy atom. The molecule has 1 aliphatic heterocycles. The Hall–Kier alpha value is -0.680. The molecule has 4 nitrogen and oxygen atoms in total. The summed E-state index contributed by atoms with van der Waals surface area (Å²) in [6, 6.07) is 3.99. The Morgan fingerprint density at radius 2 is 2.05 bits per heavy atom. The van der Waals surface area contributed by atoms with Crippen molar-refractivity contribution in [2.24, 2.45) is 0 Å². The van der Waals surface area contributed by atoms with Crippen molar-refractivity contribution >= 4 is 24.0 Å². The molecule has 1 heterocycles. The number of hydrogen-bond donors (Lipinski definition) is 1. The predicted molar refractivity (Wildman–Crippen MR) is 84.6 cm³/mol. The van der Waals surface area contributed by atoms with Gasteiger partial charge in [0.05, 0.1) is 18.2 Å². The number of nitrogens with one attached hydrogen (secondary N) is 1. The molecule has 0 saturated heterocycles. The van der Waals surface area contributed by atoms with E-state index in [2.05, 4.69) is 17.3 Å². The van der Waals surface area contributed by atoms with Crippen molar-refractivity contribution in [1.29, 1.82) is 0 Å². The molecular formula is C14H22Cl2N2O2. The van der Waals surface area contributed by atoms with Gasteiger partial charge in [0, 0.05) is 26.1 Å². The molecule has 20 heavy (non-hydrogen) atoms. The molecular weight excluding hydrogens is 299 g/mol. The van der Waals surface area contributed by atoms with Crippen molar-refractivity contribution in [3.8, 4) is 11.5 Å². The lowest BCUT2D eigenvalue weighted by molar-refractivity contribution is 0.296. The molecule has 0 aromatic heterocycles. The fourth-order valence-corrected chi connectivity index (χ4v) is 2.36. The zero-order valence-corrected chi connectivity index (χ0v) is 13.5. The van der Waals surface area contributed by atoms with Crippen LogP contribution in [0.25, 0.3) is 0 Å². The number of ether oxygens (including phenoxy) is 2. The first-order valence-corrected chi connectivity index (χ1v) is 6.99. The van der Waals surface area contributed by atoms with Crippen LogP contribution in [0.5, 0.6) is 11.5 Å². The van der Waals surface area contributed by atoms with Crippen LogP contribution in [0.15, 0.2) is 12.1 Å². The Labute approximate surface area is 131 Å². The molecule has 2 rings (SSSR count). The van der Waals surface area contributed by atoms with E-state index < -0.39 is 0 Å². The third-order valence-electron chi connectivity index (χ3n) is 3.06. The van der Waals surface area contributed by atoms with E-state index in [1.807, 2.05) is 19.2 Å². The van der Waals surface area contributed by atoms with Gasteiger partial charge in [-0.05, 0) is 31.8 Å². The zero-order chi connectivity index (χ0) is 13.7. The van der Waals surface area contributed by atoms with E-state index >= 15 is 0 Å². The topological polar surface area (TPSA) is 33.7 Å². The van der Waals surface area contributed by atoms with Gasteiger partial charge in [-0.2, -0.15) is 0 Å². The highest BCUT2D eigenvalue weighted by Gasteiger charge is 2.16. The van der Waals surface area contributed by atoms with E-state index in [1.54, 1.807) is 0 Å². The fourth-order valence-electron chi connectivity index (χ4n) is 2.07. The second kappa shape index (κ2) is 8.57. The summed E-state index contributed by atoms with van der Waals surface area (Å²) in [5.41, 5.74) is 1.15. The monoisotopic (exact) mass is 320 g/mol. The quantitative estimate of drug-likeness (QED) is 0.904. The number of nitrogens with zero attached hydrogens (tertiary/aromatic N) is 1. The number of benzene rings is 1. The van der Waals surface area contributed by atoms with Gasteiger partial charge >= 0.3 is 0 Å². The maximum Gasteiger partial charge on any atom is 0.179 e. The van der Waals surface area contributed by atoms with Crippen molar-refractivity contribution in [2.75, 3.05) is 40.4 Å². The Bertz CT molecular complexity index is 430. The second-order valence-electron chi connectivity index (χ2n) is 4.80. The largest absolute Gasteiger partial charge is 0.489 e. The molecule has 1 aliphatic rings. The van der Waals surface area contributed by atoms with E-state index in [-0.39, 0.29) is 12.4 Å². The van der Waals surface area contributed by atoms with Crippen molar-refractivity contribution in [3.05, 3.63) is 22.7 Å². The fraction of sp³-hybridized carbons (Fsp3) is 0.571. The van der Waals surface area contributed by atoms with Crippen LogP contribution in [-0.2, 0) is 6.54 Å². The normalized spacial score (nSPS) is 13.8. The second-order valence-corrected chi connectivity index (χ2v) is 5.20. The number of hydrogen-bond acceptors (Lipinski definition) is 4. The van der Waals surface area contributed by atoms with Crippen molar-refractivity contribution in [1.82, 2.24) is 10.2 Å². The molecule has 0 saturated carbocycles. The van der Waals surface area contributed by atoms with Gasteiger partial charge in [0.1, 0.15) is 0 Å². The van der Waals surface area contributed by atoms with Crippen LogP contribution in [0, 0.1) is 0 Å². The molecule has 0 unspecified atom stereocenters. The van der Waals surface area contributed by atoms with E-state index in [9.17, 15) is 0 Å². The maximum atomic E-state index is 6.27. The van der Waals surface area contributed by atoms with Crippen LogP contribution in [0.4, 0.5) is 0 Å². The minimum atomic E-state index is 0. The Morgan fingerprint density at radius 1 is 1.30 bits per heavy atom. The molecule has 0 atom stereocenters. The first kappa shape index (κ1) is 17.4. The van der Waals surface area contributed by atoms with Gasteiger partial charge < -0.3 is 19.7 Å². The minimum Gasteiger partial charge on any atom is -0.489 e. The molecule has 0 bridgehead atoms. The van der Waals surface area contributed by atoms with Crippen LogP contribution in [-0.4, -0.2) is 45.3 Å². The molecule has 0 spiro atoms. The molecule has 0 fully saturated rings. The average molecular weight is 321 g/mol. The molecule has 1 aromatic rings. The smallest absolute Gasteiger partial charge is 0.179 e. The number of likely N-dealkylation sites (N-methyl/N-ethyl adjacent to an activating group) is 2. The van der Waals surface area contributed by atoms with E-state index in [0.717, 1.165) is 37.4 Å². The molecule has 0 amide bonds. The van der Waals surface area contributed by atoms with Crippen molar-refractivity contribution in [3.63, 3.8) is 0 Å². The lowest BCUT2D eigenvalue weighted by Gasteiger charge is -2.18. The summed E-state index contributed by atoms with van der Waals surface area (Å²) in [5.74, 6) is 1.45. The van der Waals surface area contributed by atoms with E-state index in [4.69, 9.17) is 21.1 Å². The third kappa shape index (κ3) is 4.70. The van der Waals surface area contributed by atoms with Gasteiger partial charge in [-0.15, -0.1) is 12.4 Å². The summed E-state index contributed by atoms with van der Waals surface area (Å²) in [6.45, 7) is 4.14. The van der Waals surface area contributed by atoms with Crippen LogP contribution >= 0.6 is 24.0 Å². The molecule has 1 N–H and O–H groups in total. The van der Waals surface area contributed by atoms with Gasteiger partial charge in [-0.25, -0.2) is 0 Å². The Kier molecular flexibility index (Phi) is 7.45. The summed E-state index contributed by atoms with van der Waals surface area (Å²) < 4.78 is 11.3. The number of halogens is 2. The third-order valence-corrected chi connectivity index (χ3v) is 3.34. The van der Waals surface area contributed by atoms with Gasteiger partial charge in [0.15, 0.2) is 11.5 Å². The molecule has 1 aromatic carbocycles. The standard InChI is InChI=1S/C14H21ClN2O2.ClH/c1-16-4-5-17(2)10-11-8-12(15)14-13(9-11)18-6-3-7-19-14;/h8-9,16H,3-7,10H2,1-2H3;1H. The Balaban J connectivity index is 0.00000200. The highest BCUT2D eigenvalue weighted by atomic mass is 35.5. The summed E-state index contributed by atoms with van der Waals surface area (Å²) in [5, 5.41) is 3.78. The highest BCUT2D eigenvalue weighted by molar-refractivity contribution is 6.32. The average Bonchev–Trinajstić information content (AvgIpc) is 2.62. The van der Waals surface area contributed by atoms with Crippen LogP contribution < -0.4 is 14.8 Å². The minimum absolute atomic E-state index is 0. The molecule has 0 radical (unpaired) electrons. The van der Waals surface area contributed by atoms with Crippen molar-refractivity contribution in [2.45, 2.75) is 13.0 Å². The van der Waals surface area contributed by atoms with Gasteiger partial charge in [-0.1, -0.05) is 11.6 Å². The van der Waals surface area contributed by atoms with Crippen molar-refractivity contribution < 1.29 is 9.47 Å². The lowest BCUT2D eigenvalue weighted by atomic mass is 10.2. The van der Waals surface area contributed by atoms with Crippen LogP contribution in [0.2, 0.25) is 5.02 Å². The summed E-state index contributed by atoms with van der Waals surface area (Å²) in [4.78, 5) is 2.24. The molecule has 6 heteroatoms. The first-order chi connectivity index (χ1) is 9.20. The first-order valence-electron chi connectivity index (χ1n) is 6.62. The van der Waals surface area contributed by atoms with Gasteiger partial charge in [0.2, 0.25) is 0 Å². The maximum absolute atomic E-state index is 6.27. The molecule has 114 valence electrons. The molecule has 0 aliphatic carbocycles. The van der Waals surface area contributed by atoms with Gasteiger partial charge in [-0.3, -0.25) is 0 Å². The summed E-state index contributed by atoms with van der Waals surface area (Å²) >= 11 is 6.27. The van der Waals surface area contributed by atoms with Gasteiger partial charge in [0.25, 0.3) is 0 Å². The van der Waals surface area contributed by atoms with E-state index in [1.165, 1.54) is 0 Å². The van der Waals surface area contributed by atoms with E-state index in [0.29, 0.717) is 24.0 Å². The zero-order valence-electron chi connectivity index (χ0n) is 11.9. The van der Waals surface area contributed by atoms with Crippen LogP contribution in [0.1, 0.15) is 12.0 Å². The highest BCUT2D eigenvalue weighted by Crippen LogP contribution is 2.38. The summed E-state index contributed by atoms with van der Waals surface area (Å²) in [6.07, 6.45) is 0.891. The van der Waals surface area contributed by atoms with Crippen LogP contribution in [0.3, 0.4) is 0 Å². The predicted octanol–water partition coefficient (Wildman–Crippen LogP) is 2.57.